The summed E-state index contributed by atoms with van der Waals surface area (Å²) in [6.45, 7) is 4.07. The summed E-state index contributed by atoms with van der Waals surface area (Å²) in [4.78, 5) is 33.7. The minimum absolute atomic E-state index is 0.0414. The maximum absolute atomic E-state index is 13.6. The average molecular weight is 467 g/mol. The second-order valence-electron chi connectivity index (χ2n) is 8.92. The number of hydrogen-bond acceptors (Lipinski definition) is 5. The van der Waals surface area contributed by atoms with Crippen LogP contribution in [0.2, 0.25) is 5.02 Å². The van der Waals surface area contributed by atoms with Crippen LogP contribution < -0.4 is 9.64 Å². The lowest BCUT2D eigenvalue weighted by Gasteiger charge is -2.29. The molecule has 2 aromatic rings. The Morgan fingerprint density at radius 3 is 2.55 bits per heavy atom. The molecule has 168 valence electrons. The van der Waals surface area contributed by atoms with Gasteiger partial charge in [0.15, 0.2) is 0 Å². The Kier molecular flexibility index (Phi) is 4.59. The van der Waals surface area contributed by atoms with Gasteiger partial charge in [0.05, 0.1) is 28.3 Å². The first-order valence-electron chi connectivity index (χ1n) is 10.9. The molecule has 2 saturated carbocycles. The number of anilines is 1. The SMILES string of the molecule is C=CCOc1ccc(C2=NO[C@H]3[C@H]4C[C@@H]([C@@H]23)[C@@H]2C(=O)N(c3ccc(F)c(Cl)c3)C(=O)[C@H]42)cc1. The van der Waals surface area contributed by atoms with Gasteiger partial charge in [-0.2, -0.15) is 0 Å². The predicted octanol–water partition coefficient (Wildman–Crippen LogP) is 4.22. The van der Waals surface area contributed by atoms with Gasteiger partial charge in [-0.15, -0.1) is 0 Å². The van der Waals surface area contributed by atoms with E-state index in [1.54, 1.807) is 6.08 Å². The second kappa shape index (κ2) is 7.42. The van der Waals surface area contributed by atoms with Crippen LogP contribution in [0.15, 0.2) is 60.3 Å². The molecule has 0 spiro atoms. The normalized spacial score (nSPS) is 31.3. The highest BCUT2D eigenvalue weighted by Gasteiger charge is 2.70. The van der Waals surface area contributed by atoms with Gasteiger partial charge in [0, 0.05) is 17.4 Å². The first-order chi connectivity index (χ1) is 16.0. The minimum Gasteiger partial charge on any atom is -0.490 e. The number of carbonyl (C=O) groups excluding carboxylic acids is 2. The van der Waals surface area contributed by atoms with Gasteiger partial charge in [0.2, 0.25) is 11.8 Å². The van der Waals surface area contributed by atoms with E-state index < -0.39 is 17.7 Å². The lowest BCUT2D eigenvalue weighted by molar-refractivity contribution is -0.125. The number of fused-ring (bicyclic) bond motifs is 8. The summed E-state index contributed by atoms with van der Waals surface area (Å²) in [6.07, 6.45) is 2.21. The monoisotopic (exact) mass is 466 g/mol. The highest BCUT2D eigenvalue weighted by molar-refractivity contribution is 6.31. The van der Waals surface area contributed by atoms with Gasteiger partial charge in [-0.05, 0) is 54.8 Å². The maximum Gasteiger partial charge on any atom is 0.238 e. The third-order valence-corrected chi connectivity index (χ3v) is 7.66. The van der Waals surface area contributed by atoms with E-state index in [-0.39, 0.29) is 40.7 Å². The number of imide groups is 1. The van der Waals surface area contributed by atoms with Gasteiger partial charge < -0.3 is 9.57 Å². The Morgan fingerprint density at radius 1 is 1.12 bits per heavy atom. The fraction of sp³-hybridized carbons (Fsp3) is 0.320. The Balaban J connectivity index is 1.28. The van der Waals surface area contributed by atoms with Crippen molar-refractivity contribution < 1.29 is 23.6 Å². The van der Waals surface area contributed by atoms with Crippen LogP contribution in [-0.2, 0) is 14.4 Å². The largest absolute Gasteiger partial charge is 0.490 e. The quantitative estimate of drug-likeness (QED) is 0.489. The van der Waals surface area contributed by atoms with Crippen LogP contribution in [0, 0.1) is 35.4 Å². The molecule has 2 bridgehead atoms. The molecule has 0 unspecified atom stereocenters. The number of benzene rings is 2. The Bertz CT molecular complexity index is 1210. The van der Waals surface area contributed by atoms with E-state index in [1.807, 2.05) is 24.3 Å². The summed E-state index contributed by atoms with van der Waals surface area (Å²) in [6, 6.07) is 11.5. The van der Waals surface area contributed by atoms with Crippen LogP contribution in [0.4, 0.5) is 10.1 Å². The molecule has 3 fully saturated rings. The third kappa shape index (κ3) is 2.88. The van der Waals surface area contributed by atoms with Crippen molar-refractivity contribution in [2.45, 2.75) is 12.5 Å². The maximum atomic E-state index is 13.6. The van der Waals surface area contributed by atoms with Crippen molar-refractivity contribution in [3.05, 3.63) is 71.5 Å². The Morgan fingerprint density at radius 2 is 1.85 bits per heavy atom. The smallest absolute Gasteiger partial charge is 0.238 e. The molecule has 6 atom stereocenters. The van der Waals surface area contributed by atoms with Gasteiger partial charge in [-0.3, -0.25) is 9.59 Å². The summed E-state index contributed by atoms with van der Waals surface area (Å²) < 4.78 is 19.2. The zero-order valence-corrected chi connectivity index (χ0v) is 18.2. The van der Waals surface area contributed by atoms with Crippen molar-refractivity contribution in [1.82, 2.24) is 0 Å². The van der Waals surface area contributed by atoms with E-state index in [1.165, 1.54) is 23.1 Å². The number of carbonyl (C=O) groups is 2. The zero-order valence-electron chi connectivity index (χ0n) is 17.5. The number of rotatable bonds is 5. The van der Waals surface area contributed by atoms with Crippen molar-refractivity contribution in [2.75, 3.05) is 11.5 Å². The van der Waals surface area contributed by atoms with Crippen molar-refractivity contribution in [1.29, 1.82) is 0 Å². The number of hydrogen-bond donors (Lipinski definition) is 0. The lowest BCUT2D eigenvalue weighted by Crippen LogP contribution is -2.41. The molecule has 2 aliphatic heterocycles. The molecule has 1 saturated heterocycles. The van der Waals surface area contributed by atoms with Crippen LogP contribution in [0.5, 0.6) is 5.75 Å². The number of ether oxygens (including phenoxy) is 1. The molecule has 2 aliphatic carbocycles. The highest BCUT2D eigenvalue weighted by atomic mass is 35.5. The van der Waals surface area contributed by atoms with Crippen LogP contribution in [0.1, 0.15) is 12.0 Å². The molecule has 6 rings (SSSR count). The molecule has 0 N–H and O–H groups in total. The number of nitrogens with zero attached hydrogens (tertiary/aromatic N) is 2. The molecular weight excluding hydrogens is 447 g/mol. The van der Waals surface area contributed by atoms with Gasteiger partial charge >= 0.3 is 0 Å². The molecule has 33 heavy (non-hydrogen) atoms. The molecule has 0 aromatic heterocycles. The van der Waals surface area contributed by atoms with Crippen molar-refractivity contribution in [3.63, 3.8) is 0 Å². The van der Waals surface area contributed by atoms with Gasteiger partial charge in [0.1, 0.15) is 24.3 Å². The van der Waals surface area contributed by atoms with Gasteiger partial charge in [-0.1, -0.05) is 29.4 Å². The summed E-state index contributed by atoms with van der Waals surface area (Å²) in [5, 5.41) is 4.24. The van der Waals surface area contributed by atoms with E-state index in [9.17, 15) is 14.0 Å². The zero-order chi connectivity index (χ0) is 22.9. The Labute approximate surface area is 194 Å². The van der Waals surface area contributed by atoms with Gasteiger partial charge in [0.25, 0.3) is 0 Å². The Hall–Kier alpha value is -3.19. The molecule has 4 aliphatic rings. The highest BCUT2D eigenvalue weighted by Crippen LogP contribution is 2.62. The van der Waals surface area contributed by atoms with E-state index in [0.717, 1.165) is 23.4 Å². The fourth-order valence-corrected chi connectivity index (χ4v) is 6.29. The van der Waals surface area contributed by atoms with E-state index in [2.05, 4.69) is 11.7 Å². The van der Waals surface area contributed by atoms with Crippen molar-refractivity contribution in [3.8, 4) is 5.75 Å². The summed E-state index contributed by atoms with van der Waals surface area (Å²) >= 11 is 5.91. The second-order valence-corrected chi connectivity index (χ2v) is 9.33. The fourth-order valence-electron chi connectivity index (χ4n) is 6.12. The average Bonchev–Trinajstić information content (AvgIpc) is 3.55. The van der Waals surface area contributed by atoms with Gasteiger partial charge in [-0.25, -0.2) is 9.29 Å². The number of halogens is 2. The summed E-state index contributed by atoms with van der Waals surface area (Å²) in [5.74, 6) is -1.44. The third-order valence-electron chi connectivity index (χ3n) is 7.37. The van der Waals surface area contributed by atoms with Crippen LogP contribution >= 0.6 is 11.6 Å². The molecule has 2 heterocycles. The molecule has 0 radical (unpaired) electrons. The minimum atomic E-state index is -0.593. The molecule has 2 amide bonds. The summed E-state index contributed by atoms with van der Waals surface area (Å²) in [5.41, 5.74) is 2.03. The van der Waals surface area contributed by atoms with Crippen molar-refractivity contribution >= 4 is 34.8 Å². The predicted molar refractivity (Wildman–Crippen MR) is 120 cm³/mol. The number of amides is 2. The van der Waals surface area contributed by atoms with E-state index >= 15 is 0 Å². The number of oxime groups is 1. The molecule has 2 aromatic carbocycles. The first-order valence-corrected chi connectivity index (χ1v) is 11.3. The molecule has 6 nitrogen and oxygen atoms in total. The van der Waals surface area contributed by atoms with Crippen LogP contribution in [0.25, 0.3) is 0 Å². The molecule has 8 heteroatoms. The topological polar surface area (TPSA) is 68.2 Å². The first kappa shape index (κ1) is 20.4. The molecular formula is C25H20ClFN2O4. The summed E-state index contributed by atoms with van der Waals surface area (Å²) in [7, 11) is 0. The van der Waals surface area contributed by atoms with E-state index in [0.29, 0.717) is 12.3 Å². The van der Waals surface area contributed by atoms with Crippen LogP contribution in [0.3, 0.4) is 0 Å². The van der Waals surface area contributed by atoms with Crippen LogP contribution in [-0.4, -0.2) is 30.2 Å². The van der Waals surface area contributed by atoms with Crippen molar-refractivity contribution in [2.24, 2.45) is 34.7 Å². The van der Waals surface area contributed by atoms with E-state index in [4.69, 9.17) is 21.2 Å². The standard InChI is InChI=1S/C25H20ClFN2O4/c1-2-9-32-14-6-3-12(4-7-14)22-21-15-11-16(23(21)33-28-22)20-19(15)24(30)29(25(20)31)13-5-8-18(27)17(26)10-13/h2-8,10,15-16,19-21,23H,1,9,11H2/t15-,16+,19+,20-,21+,23+/m1/s1. The lowest BCUT2D eigenvalue weighted by atomic mass is 9.71.